The number of hydrogen-bond donors (Lipinski definition) is 1. The predicted molar refractivity (Wildman–Crippen MR) is 73.3 cm³/mol. The fraction of sp³-hybridized carbons (Fsp3) is 0.429. The van der Waals surface area contributed by atoms with Gasteiger partial charge in [-0.1, -0.05) is 17.7 Å². The highest BCUT2D eigenvalue weighted by molar-refractivity contribution is 6.30. The summed E-state index contributed by atoms with van der Waals surface area (Å²) in [6.45, 7) is 0.00533. The first-order valence-electron chi connectivity index (χ1n) is 6.32. The maximum Gasteiger partial charge on any atom is 0.250 e. The van der Waals surface area contributed by atoms with E-state index in [0.29, 0.717) is 36.4 Å². The highest BCUT2D eigenvalue weighted by atomic mass is 35.5. The summed E-state index contributed by atoms with van der Waals surface area (Å²) in [5.74, 6) is 0.0717. The average Bonchev–Trinajstić information content (AvgIpc) is 2.38. The number of hydrogen-bond acceptors (Lipinski definition) is 3. The molecule has 19 heavy (non-hydrogen) atoms. The van der Waals surface area contributed by atoms with Gasteiger partial charge in [-0.15, -0.1) is 0 Å². The number of carbonyl (C=O) groups is 2. The van der Waals surface area contributed by atoms with Crippen LogP contribution in [0.4, 0.5) is 5.69 Å². The molecule has 1 fully saturated rings. The van der Waals surface area contributed by atoms with Gasteiger partial charge in [-0.05, 0) is 31.0 Å². The number of nitrogens with one attached hydrogen (secondary N) is 1. The van der Waals surface area contributed by atoms with Crippen molar-refractivity contribution in [3.8, 4) is 0 Å². The standard InChI is InChI=1S/C14H16ClNO3/c15-10-2-1-3-11(8-10)16-14(18)9-19-13-6-4-12(17)5-7-13/h1-3,8,13H,4-7,9H2,(H,16,18). The lowest BCUT2D eigenvalue weighted by Crippen LogP contribution is -2.26. The average molecular weight is 282 g/mol. The molecule has 0 atom stereocenters. The SMILES string of the molecule is O=C1CCC(OCC(=O)Nc2cccc(Cl)c2)CC1. The van der Waals surface area contributed by atoms with Crippen molar-refractivity contribution in [2.45, 2.75) is 31.8 Å². The van der Waals surface area contributed by atoms with Gasteiger partial charge in [0.05, 0.1) is 6.10 Å². The van der Waals surface area contributed by atoms with E-state index in [9.17, 15) is 9.59 Å². The van der Waals surface area contributed by atoms with Crippen LogP contribution in [0, 0.1) is 0 Å². The second kappa shape index (κ2) is 6.68. The van der Waals surface area contributed by atoms with Crippen molar-refractivity contribution in [3.63, 3.8) is 0 Å². The molecule has 0 heterocycles. The van der Waals surface area contributed by atoms with Gasteiger partial charge < -0.3 is 10.1 Å². The van der Waals surface area contributed by atoms with Gasteiger partial charge in [0.25, 0.3) is 0 Å². The Labute approximate surface area is 117 Å². The van der Waals surface area contributed by atoms with Crippen molar-refractivity contribution in [2.75, 3.05) is 11.9 Å². The predicted octanol–water partition coefficient (Wildman–Crippen LogP) is 2.81. The summed E-state index contributed by atoms with van der Waals surface area (Å²) in [7, 11) is 0. The monoisotopic (exact) mass is 281 g/mol. The van der Waals surface area contributed by atoms with E-state index in [1.165, 1.54) is 0 Å². The third kappa shape index (κ3) is 4.65. The molecule has 1 aromatic carbocycles. The maximum atomic E-state index is 11.7. The zero-order valence-electron chi connectivity index (χ0n) is 10.5. The van der Waals surface area contributed by atoms with Gasteiger partial charge in [0, 0.05) is 23.6 Å². The minimum absolute atomic E-state index is 0.00533. The van der Waals surface area contributed by atoms with Crippen LogP contribution >= 0.6 is 11.6 Å². The van der Waals surface area contributed by atoms with Gasteiger partial charge in [0.2, 0.25) is 5.91 Å². The quantitative estimate of drug-likeness (QED) is 0.923. The molecule has 0 bridgehead atoms. The van der Waals surface area contributed by atoms with Crippen molar-refractivity contribution in [1.82, 2.24) is 0 Å². The van der Waals surface area contributed by atoms with Gasteiger partial charge in [0.15, 0.2) is 0 Å². The Morgan fingerprint density at radius 3 is 2.79 bits per heavy atom. The van der Waals surface area contributed by atoms with Crippen LogP contribution in [0.25, 0.3) is 0 Å². The summed E-state index contributed by atoms with van der Waals surface area (Å²) in [6.07, 6.45) is 2.55. The summed E-state index contributed by atoms with van der Waals surface area (Å²) in [4.78, 5) is 22.8. The molecule has 1 aliphatic carbocycles. The van der Waals surface area contributed by atoms with Gasteiger partial charge in [-0.2, -0.15) is 0 Å². The summed E-state index contributed by atoms with van der Waals surface area (Å²) in [5, 5.41) is 3.29. The first-order chi connectivity index (χ1) is 9.13. The molecule has 0 spiro atoms. The summed E-state index contributed by atoms with van der Waals surface area (Å²) in [5.41, 5.74) is 0.653. The molecule has 1 amide bonds. The summed E-state index contributed by atoms with van der Waals surface area (Å²) >= 11 is 5.83. The molecule has 1 saturated carbocycles. The van der Waals surface area contributed by atoms with E-state index in [1.807, 2.05) is 0 Å². The van der Waals surface area contributed by atoms with E-state index >= 15 is 0 Å². The van der Waals surface area contributed by atoms with E-state index in [1.54, 1.807) is 24.3 Å². The molecule has 0 aromatic heterocycles. The molecule has 0 unspecified atom stereocenters. The third-order valence-electron chi connectivity index (χ3n) is 3.05. The molecular formula is C14H16ClNO3. The molecule has 0 saturated heterocycles. The van der Waals surface area contributed by atoms with Gasteiger partial charge in [-0.25, -0.2) is 0 Å². The van der Waals surface area contributed by atoms with Gasteiger partial charge >= 0.3 is 0 Å². The largest absolute Gasteiger partial charge is 0.368 e. The number of ketones is 1. The maximum absolute atomic E-state index is 11.7. The Morgan fingerprint density at radius 2 is 2.11 bits per heavy atom. The molecule has 5 heteroatoms. The van der Waals surface area contributed by atoms with Crippen molar-refractivity contribution in [1.29, 1.82) is 0 Å². The van der Waals surface area contributed by atoms with Gasteiger partial charge in [-0.3, -0.25) is 9.59 Å². The van der Waals surface area contributed by atoms with E-state index in [0.717, 1.165) is 0 Å². The summed E-state index contributed by atoms with van der Waals surface area (Å²) in [6, 6.07) is 6.96. The first kappa shape index (κ1) is 14.0. The van der Waals surface area contributed by atoms with E-state index < -0.39 is 0 Å². The number of anilines is 1. The topological polar surface area (TPSA) is 55.4 Å². The zero-order valence-corrected chi connectivity index (χ0v) is 11.3. The molecule has 4 nitrogen and oxygen atoms in total. The number of benzene rings is 1. The van der Waals surface area contributed by atoms with Crippen molar-refractivity contribution >= 4 is 29.0 Å². The van der Waals surface area contributed by atoms with Crippen LogP contribution in [0.1, 0.15) is 25.7 Å². The fourth-order valence-electron chi connectivity index (χ4n) is 2.04. The van der Waals surface area contributed by atoms with Crippen LogP contribution in [0.3, 0.4) is 0 Å². The number of carbonyl (C=O) groups excluding carboxylic acids is 2. The minimum Gasteiger partial charge on any atom is -0.368 e. The molecule has 1 N–H and O–H groups in total. The molecule has 0 radical (unpaired) electrons. The normalized spacial score (nSPS) is 16.4. The molecule has 1 aromatic rings. The van der Waals surface area contributed by atoms with Crippen LogP contribution in [-0.2, 0) is 14.3 Å². The molecule has 1 aliphatic rings. The third-order valence-corrected chi connectivity index (χ3v) is 3.28. The van der Waals surface area contributed by atoms with Crippen LogP contribution in [-0.4, -0.2) is 24.4 Å². The number of halogens is 1. The lowest BCUT2D eigenvalue weighted by molar-refractivity contribution is -0.126. The lowest BCUT2D eigenvalue weighted by atomic mass is 9.96. The van der Waals surface area contributed by atoms with Crippen LogP contribution < -0.4 is 5.32 Å². The summed E-state index contributed by atoms with van der Waals surface area (Å²) < 4.78 is 5.50. The van der Waals surface area contributed by atoms with Crippen LogP contribution in [0.2, 0.25) is 5.02 Å². The molecule has 0 aliphatic heterocycles. The number of rotatable bonds is 4. The van der Waals surface area contributed by atoms with Crippen molar-refractivity contribution in [3.05, 3.63) is 29.3 Å². The van der Waals surface area contributed by atoms with E-state index in [-0.39, 0.29) is 24.4 Å². The molecule has 2 rings (SSSR count). The Balaban J connectivity index is 1.74. The molecule has 102 valence electrons. The van der Waals surface area contributed by atoms with E-state index in [2.05, 4.69) is 5.32 Å². The fourth-order valence-corrected chi connectivity index (χ4v) is 2.23. The highest BCUT2D eigenvalue weighted by Gasteiger charge is 2.19. The number of ether oxygens (including phenoxy) is 1. The smallest absolute Gasteiger partial charge is 0.250 e. The van der Waals surface area contributed by atoms with E-state index in [4.69, 9.17) is 16.3 Å². The zero-order chi connectivity index (χ0) is 13.7. The number of Topliss-reactive ketones (excluding diaryl/α,β-unsaturated/α-hetero) is 1. The Kier molecular flexibility index (Phi) is 4.93. The van der Waals surface area contributed by atoms with Crippen LogP contribution in [0.5, 0.6) is 0 Å². The van der Waals surface area contributed by atoms with Crippen molar-refractivity contribution < 1.29 is 14.3 Å². The number of amides is 1. The minimum atomic E-state index is -0.209. The highest BCUT2D eigenvalue weighted by Crippen LogP contribution is 2.18. The lowest BCUT2D eigenvalue weighted by Gasteiger charge is -2.21. The Hall–Kier alpha value is -1.39. The van der Waals surface area contributed by atoms with Crippen molar-refractivity contribution in [2.24, 2.45) is 0 Å². The first-order valence-corrected chi connectivity index (χ1v) is 6.70. The second-order valence-electron chi connectivity index (χ2n) is 4.61. The van der Waals surface area contributed by atoms with Gasteiger partial charge in [0.1, 0.15) is 12.4 Å². The molecular weight excluding hydrogens is 266 g/mol. The second-order valence-corrected chi connectivity index (χ2v) is 5.04. The Bertz CT molecular complexity index is 466. The van der Waals surface area contributed by atoms with Crippen LogP contribution in [0.15, 0.2) is 24.3 Å². The Morgan fingerprint density at radius 1 is 1.37 bits per heavy atom.